The lowest BCUT2D eigenvalue weighted by atomic mass is 9.77. The molecule has 6 atom stereocenters. The van der Waals surface area contributed by atoms with Gasteiger partial charge < -0.3 is 42.6 Å². The Kier molecular flexibility index (Phi) is 18.9. The molecule has 0 aromatic heterocycles. The molecule has 9 heteroatoms. The first kappa shape index (κ1) is 39.1. The van der Waals surface area contributed by atoms with Crippen molar-refractivity contribution >= 4 is 0 Å². The second-order valence-electron chi connectivity index (χ2n) is 11.8. The normalized spacial score (nSPS) is 22.3. The zero-order chi connectivity index (χ0) is 34.4. The molecule has 3 aromatic carbocycles. The van der Waals surface area contributed by atoms with Gasteiger partial charge in [0, 0.05) is 25.7 Å². The molecule has 1 fully saturated rings. The summed E-state index contributed by atoms with van der Waals surface area (Å²) in [6, 6.07) is 30.5. The van der Waals surface area contributed by atoms with Crippen molar-refractivity contribution in [1.82, 2.24) is 0 Å². The Morgan fingerprint density at radius 2 is 0.714 bits per heavy atom. The fourth-order valence-corrected chi connectivity index (χ4v) is 6.01. The molecule has 3 aromatic rings. The quantitative estimate of drug-likeness (QED) is 0.0963. The Balaban J connectivity index is 1.70. The van der Waals surface area contributed by atoms with Crippen LogP contribution in [0.2, 0.25) is 0 Å². The summed E-state index contributed by atoms with van der Waals surface area (Å²) in [4.78, 5) is 0. The number of ether oxygens (including phenoxy) is 9. The minimum absolute atomic E-state index is 0.264. The highest BCUT2D eigenvalue weighted by atomic mass is 16.6. The molecule has 0 bridgehead atoms. The minimum atomic E-state index is -0.535. The second-order valence-corrected chi connectivity index (χ2v) is 11.8. The van der Waals surface area contributed by atoms with E-state index in [0.717, 1.165) is 16.7 Å². The molecule has 0 aliphatic heterocycles. The maximum Gasteiger partial charge on any atom is 0.115 e. The van der Waals surface area contributed by atoms with Gasteiger partial charge in [-0.2, -0.15) is 0 Å². The molecule has 0 saturated heterocycles. The third kappa shape index (κ3) is 13.5. The average molecular weight is 681 g/mol. The summed E-state index contributed by atoms with van der Waals surface area (Å²) in [7, 11) is 0. The van der Waals surface area contributed by atoms with Crippen LogP contribution < -0.4 is 0 Å². The molecule has 49 heavy (non-hydrogen) atoms. The van der Waals surface area contributed by atoms with Crippen LogP contribution >= 0.6 is 0 Å². The molecule has 9 nitrogen and oxygen atoms in total. The Hall–Kier alpha value is -2.70. The van der Waals surface area contributed by atoms with Crippen molar-refractivity contribution < 1.29 is 42.6 Å². The number of benzene rings is 3. The summed E-state index contributed by atoms with van der Waals surface area (Å²) in [5, 5.41) is 0. The summed E-state index contributed by atoms with van der Waals surface area (Å²) < 4.78 is 57.3. The van der Waals surface area contributed by atoms with Crippen LogP contribution in [-0.2, 0) is 62.5 Å². The van der Waals surface area contributed by atoms with Gasteiger partial charge in [-0.25, -0.2) is 0 Å². The molecule has 0 amide bonds. The zero-order valence-electron chi connectivity index (χ0n) is 29.5. The van der Waals surface area contributed by atoms with Crippen LogP contribution in [0.3, 0.4) is 0 Å². The van der Waals surface area contributed by atoms with Crippen LogP contribution in [0.15, 0.2) is 91.0 Å². The SMILES string of the molecule is CCOCCO[C@@H]1[C@@H](OCc2ccccc2)[C@H](OCCOCC)[C@H](OCc2ccccc2)[C@H](COCc2ccccc2)[C@H]1OCCOCC. The lowest BCUT2D eigenvalue weighted by molar-refractivity contribution is -0.273. The predicted molar refractivity (Wildman–Crippen MR) is 188 cm³/mol. The Morgan fingerprint density at radius 3 is 1.14 bits per heavy atom. The molecule has 0 spiro atoms. The van der Waals surface area contributed by atoms with Crippen LogP contribution in [0.1, 0.15) is 37.5 Å². The largest absolute Gasteiger partial charge is 0.379 e. The van der Waals surface area contributed by atoms with Gasteiger partial charge in [-0.1, -0.05) is 91.0 Å². The molecule has 270 valence electrons. The summed E-state index contributed by atoms with van der Waals surface area (Å²) in [5.41, 5.74) is 3.20. The van der Waals surface area contributed by atoms with E-state index in [4.69, 9.17) is 42.6 Å². The standard InChI is InChI=1S/C40H56O9/c1-4-41-22-25-45-36-35(31-44-28-32-16-10-7-11-17-32)37(48-29-33-18-12-8-13-19-33)39(47-27-24-43-6-3)40(38(36)46-26-23-42-5-2)49-30-34-20-14-9-15-21-34/h7-21,35-40H,4-6,22-31H2,1-3H3/t35-,36-,37-,38+,39-,40-/m1/s1. The molecule has 4 rings (SSSR count). The number of hydrogen-bond donors (Lipinski definition) is 0. The van der Waals surface area contributed by atoms with E-state index in [0.29, 0.717) is 85.9 Å². The van der Waals surface area contributed by atoms with Crippen LogP contribution in [0.4, 0.5) is 0 Å². The van der Waals surface area contributed by atoms with Gasteiger partial charge >= 0.3 is 0 Å². The first-order valence-corrected chi connectivity index (χ1v) is 17.8. The maximum absolute atomic E-state index is 6.87. The first-order chi connectivity index (χ1) is 24.2. The van der Waals surface area contributed by atoms with Gasteiger partial charge in [-0.15, -0.1) is 0 Å². The molecule has 0 heterocycles. The van der Waals surface area contributed by atoms with Crippen molar-refractivity contribution in [3.63, 3.8) is 0 Å². The third-order valence-electron chi connectivity index (χ3n) is 8.36. The number of rotatable bonds is 25. The van der Waals surface area contributed by atoms with E-state index >= 15 is 0 Å². The van der Waals surface area contributed by atoms with Gasteiger partial charge in [0.15, 0.2) is 0 Å². The van der Waals surface area contributed by atoms with E-state index in [2.05, 4.69) is 36.4 Å². The monoisotopic (exact) mass is 680 g/mol. The average Bonchev–Trinajstić information content (AvgIpc) is 3.14. The van der Waals surface area contributed by atoms with Gasteiger partial charge in [-0.05, 0) is 37.5 Å². The lowest BCUT2D eigenvalue weighted by Crippen LogP contribution is -2.65. The predicted octanol–water partition coefficient (Wildman–Crippen LogP) is 6.27. The van der Waals surface area contributed by atoms with Crippen molar-refractivity contribution in [3.05, 3.63) is 108 Å². The maximum atomic E-state index is 6.87. The van der Waals surface area contributed by atoms with Crippen LogP contribution in [0, 0.1) is 5.92 Å². The van der Waals surface area contributed by atoms with E-state index in [1.165, 1.54) is 0 Å². The van der Waals surface area contributed by atoms with Crippen LogP contribution in [0.25, 0.3) is 0 Å². The molecular weight excluding hydrogens is 624 g/mol. The smallest absolute Gasteiger partial charge is 0.115 e. The van der Waals surface area contributed by atoms with E-state index in [1.807, 2.05) is 75.4 Å². The minimum Gasteiger partial charge on any atom is -0.379 e. The molecule has 1 aliphatic rings. The highest BCUT2D eigenvalue weighted by molar-refractivity contribution is 5.16. The van der Waals surface area contributed by atoms with E-state index in [-0.39, 0.29) is 5.92 Å². The van der Waals surface area contributed by atoms with Gasteiger partial charge in [0.25, 0.3) is 0 Å². The second kappa shape index (κ2) is 23.7. The summed E-state index contributed by atoms with van der Waals surface area (Å²) in [5.74, 6) is -0.264. The summed E-state index contributed by atoms with van der Waals surface area (Å²) in [6.45, 7) is 11.8. The molecule has 0 unspecified atom stereocenters. The molecule has 1 saturated carbocycles. The van der Waals surface area contributed by atoms with Crippen molar-refractivity contribution in [1.29, 1.82) is 0 Å². The molecule has 0 radical (unpaired) electrons. The number of hydrogen-bond acceptors (Lipinski definition) is 9. The molecule has 1 aliphatic carbocycles. The topological polar surface area (TPSA) is 83.1 Å². The fourth-order valence-electron chi connectivity index (χ4n) is 6.01. The Labute approximate surface area is 293 Å². The molecule has 0 N–H and O–H groups in total. The first-order valence-electron chi connectivity index (χ1n) is 17.8. The van der Waals surface area contributed by atoms with E-state index in [9.17, 15) is 0 Å². The Morgan fingerprint density at radius 1 is 0.367 bits per heavy atom. The van der Waals surface area contributed by atoms with Crippen molar-refractivity contribution in [2.75, 3.05) is 66.1 Å². The van der Waals surface area contributed by atoms with E-state index < -0.39 is 30.5 Å². The van der Waals surface area contributed by atoms with Crippen LogP contribution in [-0.4, -0.2) is 96.6 Å². The van der Waals surface area contributed by atoms with E-state index in [1.54, 1.807) is 0 Å². The summed E-state index contributed by atoms with van der Waals surface area (Å²) >= 11 is 0. The van der Waals surface area contributed by atoms with Gasteiger partial charge in [0.05, 0.1) is 78.3 Å². The summed E-state index contributed by atoms with van der Waals surface area (Å²) in [6.07, 6.45) is -2.47. The third-order valence-corrected chi connectivity index (χ3v) is 8.36. The molecular formula is C40H56O9. The lowest BCUT2D eigenvalue weighted by Gasteiger charge is -2.50. The zero-order valence-corrected chi connectivity index (χ0v) is 29.5. The fraction of sp³-hybridized carbons (Fsp3) is 0.550. The van der Waals surface area contributed by atoms with Crippen molar-refractivity contribution in [2.45, 2.75) is 71.1 Å². The van der Waals surface area contributed by atoms with Crippen molar-refractivity contribution in [3.8, 4) is 0 Å². The van der Waals surface area contributed by atoms with Gasteiger partial charge in [-0.3, -0.25) is 0 Å². The van der Waals surface area contributed by atoms with Gasteiger partial charge in [0.1, 0.15) is 18.3 Å². The highest BCUT2D eigenvalue weighted by Gasteiger charge is 2.54. The van der Waals surface area contributed by atoms with Crippen LogP contribution in [0.5, 0.6) is 0 Å². The Bertz CT molecular complexity index is 1220. The van der Waals surface area contributed by atoms with Crippen molar-refractivity contribution in [2.24, 2.45) is 5.92 Å². The highest BCUT2D eigenvalue weighted by Crippen LogP contribution is 2.37. The van der Waals surface area contributed by atoms with Gasteiger partial charge in [0.2, 0.25) is 0 Å².